The Labute approximate surface area is 116 Å². The molecule has 0 unspecified atom stereocenters. The lowest BCUT2D eigenvalue weighted by Gasteiger charge is -2.60. The number of nitrogens with zero attached hydrogens (tertiary/aromatic N) is 1. The zero-order valence-corrected chi connectivity index (χ0v) is 12.0. The molecule has 2 amide bonds. The van der Waals surface area contributed by atoms with Gasteiger partial charge in [0.2, 0.25) is 0 Å². The Kier molecular flexibility index (Phi) is 3.46. The highest BCUT2D eigenvalue weighted by Gasteiger charge is 2.54. The second kappa shape index (κ2) is 4.97. The van der Waals surface area contributed by atoms with Gasteiger partial charge in [0.1, 0.15) is 0 Å². The van der Waals surface area contributed by atoms with E-state index in [-0.39, 0.29) is 11.6 Å². The average Bonchev–Trinajstić information content (AvgIpc) is 2.35. The number of rotatable bonds is 4. The Bertz CT molecular complexity index is 320. The summed E-state index contributed by atoms with van der Waals surface area (Å²) in [7, 11) is 0. The van der Waals surface area contributed by atoms with Crippen LogP contribution < -0.4 is 11.1 Å². The molecule has 3 N–H and O–H groups in total. The molecule has 0 heterocycles. The Morgan fingerprint density at radius 3 is 2.16 bits per heavy atom. The van der Waals surface area contributed by atoms with Gasteiger partial charge in [0.25, 0.3) is 0 Å². The predicted octanol–water partition coefficient (Wildman–Crippen LogP) is 1.95. The van der Waals surface area contributed by atoms with Gasteiger partial charge in [-0.3, -0.25) is 0 Å². The highest BCUT2D eigenvalue weighted by atomic mass is 16.2. The van der Waals surface area contributed by atoms with Crippen LogP contribution >= 0.6 is 0 Å². The van der Waals surface area contributed by atoms with Gasteiger partial charge in [0.05, 0.1) is 0 Å². The van der Waals surface area contributed by atoms with Crippen LogP contribution in [0.3, 0.4) is 0 Å². The molecule has 0 aromatic heterocycles. The maximum atomic E-state index is 12.4. The van der Waals surface area contributed by atoms with E-state index < -0.39 is 0 Å². The summed E-state index contributed by atoms with van der Waals surface area (Å²) in [5, 5.41) is 2.97. The molecule has 0 saturated heterocycles. The molecule has 4 aliphatic carbocycles. The van der Waals surface area contributed by atoms with Crippen LogP contribution in [-0.4, -0.2) is 36.1 Å². The third-order valence-electron chi connectivity index (χ3n) is 5.56. The molecule has 0 atom stereocenters. The SMILES string of the molecule is CCN(C(=O)NCCN)C12CC3CC(CC(C3)C1)C2. The molecule has 0 spiro atoms. The molecule has 0 aliphatic heterocycles. The summed E-state index contributed by atoms with van der Waals surface area (Å²) in [5.41, 5.74) is 5.66. The van der Waals surface area contributed by atoms with Gasteiger partial charge >= 0.3 is 6.03 Å². The Balaban J connectivity index is 1.76. The molecular weight excluding hydrogens is 238 g/mol. The van der Waals surface area contributed by atoms with Crippen molar-refractivity contribution >= 4 is 6.03 Å². The number of amides is 2. The minimum absolute atomic E-state index is 0.106. The number of hydrogen-bond donors (Lipinski definition) is 2. The Hall–Kier alpha value is -0.770. The van der Waals surface area contributed by atoms with E-state index in [0.29, 0.717) is 13.1 Å². The van der Waals surface area contributed by atoms with Gasteiger partial charge in [-0.05, 0) is 63.2 Å². The van der Waals surface area contributed by atoms with Gasteiger partial charge in [0.15, 0.2) is 0 Å². The monoisotopic (exact) mass is 265 g/mol. The van der Waals surface area contributed by atoms with E-state index in [4.69, 9.17) is 5.73 Å². The van der Waals surface area contributed by atoms with Gasteiger partial charge < -0.3 is 16.0 Å². The van der Waals surface area contributed by atoms with Crippen molar-refractivity contribution in [2.24, 2.45) is 23.5 Å². The molecule has 4 aliphatic rings. The molecule has 0 radical (unpaired) electrons. The molecular formula is C15H27N3O. The number of carbonyl (C=O) groups is 1. The second-order valence-electron chi connectivity index (χ2n) is 6.91. The van der Waals surface area contributed by atoms with Crippen LogP contribution in [0.15, 0.2) is 0 Å². The van der Waals surface area contributed by atoms with Crippen molar-refractivity contribution < 1.29 is 4.79 Å². The summed E-state index contributed by atoms with van der Waals surface area (Å²) < 4.78 is 0. The zero-order valence-electron chi connectivity index (χ0n) is 12.0. The van der Waals surface area contributed by atoms with Crippen molar-refractivity contribution in [1.29, 1.82) is 0 Å². The summed E-state index contributed by atoms with van der Waals surface area (Å²) in [4.78, 5) is 14.5. The number of nitrogens with two attached hydrogens (primary N) is 1. The van der Waals surface area contributed by atoms with Gasteiger partial charge in [-0.2, -0.15) is 0 Å². The Morgan fingerprint density at radius 2 is 1.74 bits per heavy atom. The predicted molar refractivity (Wildman–Crippen MR) is 75.7 cm³/mol. The molecule has 4 heteroatoms. The second-order valence-corrected chi connectivity index (χ2v) is 6.91. The Morgan fingerprint density at radius 1 is 1.21 bits per heavy atom. The van der Waals surface area contributed by atoms with Crippen LogP contribution in [0.5, 0.6) is 0 Å². The van der Waals surface area contributed by atoms with Gasteiger partial charge in [-0.1, -0.05) is 0 Å². The highest BCUT2D eigenvalue weighted by molar-refractivity contribution is 5.75. The van der Waals surface area contributed by atoms with Crippen LogP contribution in [-0.2, 0) is 0 Å². The quantitative estimate of drug-likeness (QED) is 0.816. The summed E-state index contributed by atoms with van der Waals surface area (Å²) in [6.45, 7) is 4.04. The maximum Gasteiger partial charge on any atom is 0.317 e. The molecule has 0 aromatic rings. The zero-order chi connectivity index (χ0) is 13.5. The van der Waals surface area contributed by atoms with Crippen LogP contribution in [0.2, 0.25) is 0 Å². The molecule has 4 bridgehead atoms. The normalized spacial score (nSPS) is 39.4. The third-order valence-corrected chi connectivity index (χ3v) is 5.56. The van der Waals surface area contributed by atoms with Crippen LogP contribution in [0.1, 0.15) is 45.4 Å². The van der Waals surface area contributed by atoms with E-state index in [2.05, 4.69) is 17.1 Å². The molecule has 19 heavy (non-hydrogen) atoms. The largest absolute Gasteiger partial charge is 0.337 e. The molecule has 0 aromatic carbocycles. The minimum atomic E-state index is 0.106. The molecule has 4 saturated carbocycles. The number of hydrogen-bond acceptors (Lipinski definition) is 2. The van der Waals surface area contributed by atoms with Crippen molar-refractivity contribution in [3.8, 4) is 0 Å². The van der Waals surface area contributed by atoms with Gasteiger partial charge in [-0.15, -0.1) is 0 Å². The fourth-order valence-corrected chi connectivity index (χ4v) is 5.36. The lowest BCUT2D eigenvalue weighted by atomic mass is 9.52. The first-order valence-corrected chi connectivity index (χ1v) is 7.92. The molecule has 108 valence electrons. The number of nitrogens with one attached hydrogen (secondary N) is 1. The van der Waals surface area contributed by atoms with Gasteiger partial charge in [0, 0.05) is 25.2 Å². The number of urea groups is 1. The van der Waals surface area contributed by atoms with E-state index in [1.807, 2.05) is 0 Å². The standard InChI is InChI=1S/C15H27N3O/c1-2-18(14(19)17-4-3-16)15-8-11-5-12(9-15)7-13(6-11)10-15/h11-13H,2-10,16H2,1H3,(H,17,19). The van der Waals surface area contributed by atoms with Crippen molar-refractivity contribution in [2.45, 2.75) is 51.0 Å². The lowest BCUT2D eigenvalue weighted by molar-refractivity contribution is -0.0686. The summed E-state index contributed by atoms with van der Waals surface area (Å²) in [6, 6.07) is 0.106. The average molecular weight is 265 g/mol. The summed E-state index contributed by atoms with van der Waals surface area (Å²) >= 11 is 0. The van der Waals surface area contributed by atoms with Crippen molar-refractivity contribution in [3.63, 3.8) is 0 Å². The smallest absolute Gasteiger partial charge is 0.317 e. The first-order valence-electron chi connectivity index (χ1n) is 7.92. The first kappa shape index (κ1) is 13.2. The van der Waals surface area contributed by atoms with Crippen LogP contribution in [0, 0.1) is 17.8 Å². The summed E-state index contributed by atoms with van der Waals surface area (Å²) in [6.07, 6.45) is 7.97. The third kappa shape index (κ3) is 2.24. The highest BCUT2D eigenvalue weighted by Crippen LogP contribution is 2.57. The van der Waals surface area contributed by atoms with Crippen LogP contribution in [0.4, 0.5) is 4.79 Å². The fraction of sp³-hybridized carbons (Fsp3) is 0.933. The van der Waals surface area contributed by atoms with E-state index >= 15 is 0 Å². The number of carbonyl (C=O) groups excluding carboxylic acids is 1. The van der Waals surface area contributed by atoms with E-state index in [1.54, 1.807) is 0 Å². The first-order chi connectivity index (χ1) is 9.16. The van der Waals surface area contributed by atoms with Crippen molar-refractivity contribution in [1.82, 2.24) is 10.2 Å². The molecule has 4 rings (SSSR count). The summed E-state index contributed by atoms with van der Waals surface area (Å²) in [5.74, 6) is 2.63. The maximum absolute atomic E-state index is 12.4. The topological polar surface area (TPSA) is 58.4 Å². The minimum Gasteiger partial charge on any atom is -0.337 e. The molecule has 4 nitrogen and oxygen atoms in total. The van der Waals surface area contributed by atoms with Crippen LogP contribution in [0.25, 0.3) is 0 Å². The van der Waals surface area contributed by atoms with Crippen molar-refractivity contribution in [2.75, 3.05) is 19.6 Å². The molecule has 4 fully saturated rings. The lowest BCUT2D eigenvalue weighted by Crippen LogP contribution is -2.63. The van der Waals surface area contributed by atoms with Crippen molar-refractivity contribution in [3.05, 3.63) is 0 Å². The van der Waals surface area contributed by atoms with E-state index in [9.17, 15) is 4.79 Å². The van der Waals surface area contributed by atoms with Gasteiger partial charge in [-0.25, -0.2) is 4.79 Å². The van der Waals surface area contributed by atoms with E-state index in [0.717, 1.165) is 24.3 Å². The van der Waals surface area contributed by atoms with E-state index in [1.165, 1.54) is 38.5 Å². The fourth-order valence-electron chi connectivity index (χ4n) is 5.36.